The van der Waals surface area contributed by atoms with Crippen molar-refractivity contribution in [1.82, 2.24) is 10.6 Å². The molecule has 162 valence electrons. The molecule has 0 spiro atoms. The van der Waals surface area contributed by atoms with E-state index in [1.165, 1.54) is 0 Å². The van der Waals surface area contributed by atoms with Crippen LogP contribution < -0.4 is 15.4 Å². The SMILES string of the molecule is Cc1cccc(C(=O)NC(C(=O)NC(C)c2cccc(NS(C)(=O)=O)c2)C(C)C)c1. The van der Waals surface area contributed by atoms with Crippen molar-refractivity contribution < 1.29 is 18.0 Å². The molecule has 0 saturated carbocycles. The van der Waals surface area contributed by atoms with Crippen LogP contribution in [0.1, 0.15) is 48.3 Å². The second-order valence-corrected chi connectivity index (χ2v) is 9.54. The number of amides is 2. The monoisotopic (exact) mass is 431 g/mol. The third-order valence-corrected chi connectivity index (χ3v) is 5.17. The fourth-order valence-electron chi connectivity index (χ4n) is 3.02. The third kappa shape index (κ3) is 6.88. The number of hydrogen-bond acceptors (Lipinski definition) is 4. The lowest BCUT2D eigenvalue weighted by Crippen LogP contribution is -2.50. The molecule has 7 nitrogen and oxygen atoms in total. The summed E-state index contributed by atoms with van der Waals surface area (Å²) in [6.07, 6.45) is 1.08. The molecule has 0 radical (unpaired) electrons. The van der Waals surface area contributed by atoms with E-state index in [2.05, 4.69) is 15.4 Å². The predicted octanol–water partition coefficient (Wildman–Crippen LogP) is 3.00. The van der Waals surface area contributed by atoms with Crippen LogP contribution in [0.25, 0.3) is 0 Å². The van der Waals surface area contributed by atoms with E-state index < -0.39 is 16.1 Å². The summed E-state index contributed by atoms with van der Waals surface area (Å²) in [5.41, 5.74) is 2.62. The van der Waals surface area contributed by atoms with E-state index in [1.54, 1.807) is 49.4 Å². The van der Waals surface area contributed by atoms with E-state index in [1.807, 2.05) is 26.8 Å². The van der Waals surface area contributed by atoms with Gasteiger partial charge < -0.3 is 10.6 Å². The standard InChI is InChI=1S/C22H29N3O4S/c1-14(2)20(24-21(26)18-10-6-8-15(3)12-18)22(27)23-16(4)17-9-7-11-19(13-17)25-30(5,28)29/h6-14,16,20,25H,1-5H3,(H,23,27)(H,24,26). The Morgan fingerprint density at radius 1 is 0.933 bits per heavy atom. The molecule has 0 fully saturated rings. The molecule has 0 bridgehead atoms. The molecule has 0 aliphatic heterocycles. The minimum atomic E-state index is -3.40. The van der Waals surface area contributed by atoms with Crippen LogP contribution in [0.5, 0.6) is 0 Å². The first-order chi connectivity index (χ1) is 14.0. The molecule has 2 amide bonds. The van der Waals surface area contributed by atoms with Crippen LogP contribution in [0.4, 0.5) is 5.69 Å². The number of anilines is 1. The maximum atomic E-state index is 12.9. The van der Waals surface area contributed by atoms with Gasteiger partial charge in [0.25, 0.3) is 5.91 Å². The molecular formula is C22H29N3O4S. The van der Waals surface area contributed by atoms with Crippen LogP contribution in [0.3, 0.4) is 0 Å². The van der Waals surface area contributed by atoms with Gasteiger partial charge in [-0.15, -0.1) is 0 Å². The van der Waals surface area contributed by atoms with Crippen molar-refractivity contribution in [2.24, 2.45) is 5.92 Å². The lowest BCUT2D eigenvalue weighted by molar-refractivity contribution is -0.124. The lowest BCUT2D eigenvalue weighted by atomic mass is 10.0. The average molecular weight is 432 g/mol. The van der Waals surface area contributed by atoms with Gasteiger partial charge in [-0.25, -0.2) is 8.42 Å². The Bertz CT molecular complexity index is 1020. The minimum Gasteiger partial charge on any atom is -0.348 e. The van der Waals surface area contributed by atoms with Crippen molar-refractivity contribution in [3.05, 3.63) is 65.2 Å². The number of aryl methyl sites for hydroxylation is 1. The highest BCUT2D eigenvalue weighted by atomic mass is 32.2. The molecule has 2 rings (SSSR count). The second kappa shape index (κ2) is 9.75. The van der Waals surface area contributed by atoms with Gasteiger partial charge in [0.1, 0.15) is 6.04 Å². The van der Waals surface area contributed by atoms with Crippen LogP contribution in [0.15, 0.2) is 48.5 Å². The summed E-state index contributed by atoms with van der Waals surface area (Å²) in [6.45, 7) is 7.43. The Balaban J connectivity index is 2.11. The van der Waals surface area contributed by atoms with Crippen molar-refractivity contribution in [1.29, 1.82) is 0 Å². The Hall–Kier alpha value is -2.87. The van der Waals surface area contributed by atoms with Gasteiger partial charge >= 0.3 is 0 Å². The summed E-state index contributed by atoms with van der Waals surface area (Å²) >= 11 is 0. The number of nitrogens with one attached hydrogen (secondary N) is 3. The van der Waals surface area contributed by atoms with Gasteiger partial charge in [0.15, 0.2) is 0 Å². The van der Waals surface area contributed by atoms with E-state index in [4.69, 9.17) is 0 Å². The summed E-state index contributed by atoms with van der Waals surface area (Å²) in [6, 6.07) is 12.9. The number of hydrogen-bond donors (Lipinski definition) is 3. The van der Waals surface area contributed by atoms with Gasteiger partial charge in [-0.1, -0.05) is 43.7 Å². The van der Waals surface area contributed by atoms with Gasteiger partial charge in [-0.05, 0) is 49.6 Å². The Labute approximate surface area is 178 Å². The Kier molecular flexibility index (Phi) is 7.61. The van der Waals surface area contributed by atoms with E-state index in [9.17, 15) is 18.0 Å². The normalized spacial score (nSPS) is 13.4. The summed E-state index contributed by atoms with van der Waals surface area (Å²) in [5, 5.41) is 5.72. The molecule has 0 saturated heterocycles. The van der Waals surface area contributed by atoms with E-state index in [0.29, 0.717) is 11.3 Å². The largest absolute Gasteiger partial charge is 0.348 e. The minimum absolute atomic E-state index is 0.121. The fourth-order valence-corrected chi connectivity index (χ4v) is 3.57. The fraction of sp³-hybridized carbons (Fsp3) is 0.364. The van der Waals surface area contributed by atoms with Crippen molar-refractivity contribution in [2.45, 2.75) is 39.8 Å². The van der Waals surface area contributed by atoms with Crippen molar-refractivity contribution >= 4 is 27.5 Å². The summed E-state index contributed by atoms with van der Waals surface area (Å²) in [5.74, 6) is -0.733. The Morgan fingerprint density at radius 3 is 2.20 bits per heavy atom. The number of rotatable bonds is 8. The molecule has 2 unspecified atom stereocenters. The molecule has 2 atom stereocenters. The van der Waals surface area contributed by atoms with Gasteiger partial charge in [0.05, 0.1) is 12.3 Å². The molecule has 2 aromatic carbocycles. The van der Waals surface area contributed by atoms with Crippen LogP contribution in [0, 0.1) is 12.8 Å². The first kappa shape index (κ1) is 23.4. The van der Waals surface area contributed by atoms with Crippen molar-refractivity contribution in [3.63, 3.8) is 0 Å². The first-order valence-electron chi connectivity index (χ1n) is 9.72. The molecule has 2 aromatic rings. The predicted molar refractivity (Wildman–Crippen MR) is 119 cm³/mol. The highest BCUT2D eigenvalue weighted by Crippen LogP contribution is 2.19. The lowest BCUT2D eigenvalue weighted by Gasteiger charge is -2.24. The first-order valence-corrected chi connectivity index (χ1v) is 11.6. The van der Waals surface area contributed by atoms with E-state index in [0.717, 1.165) is 17.4 Å². The van der Waals surface area contributed by atoms with Crippen molar-refractivity contribution in [2.75, 3.05) is 11.0 Å². The molecule has 0 heterocycles. The van der Waals surface area contributed by atoms with Crippen LogP contribution in [-0.2, 0) is 14.8 Å². The molecule has 3 N–H and O–H groups in total. The van der Waals surface area contributed by atoms with Gasteiger partial charge in [0.2, 0.25) is 15.9 Å². The molecule has 0 aliphatic carbocycles. The summed E-state index contributed by atoms with van der Waals surface area (Å²) < 4.78 is 25.3. The van der Waals surface area contributed by atoms with Crippen molar-refractivity contribution in [3.8, 4) is 0 Å². The smallest absolute Gasteiger partial charge is 0.251 e. The van der Waals surface area contributed by atoms with E-state index >= 15 is 0 Å². The zero-order chi connectivity index (χ0) is 22.5. The maximum absolute atomic E-state index is 12.9. The van der Waals surface area contributed by atoms with Gasteiger partial charge in [-0.2, -0.15) is 0 Å². The van der Waals surface area contributed by atoms with Crippen LogP contribution >= 0.6 is 0 Å². The zero-order valence-electron chi connectivity index (χ0n) is 17.9. The quantitative estimate of drug-likeness (QED) is 0.598. The number of sulfonamides is 1. The average Bonchev–Trinajstić information content (AvgIpc) is 2.64. The molecule has 8 heteroatoms. The maximum Gasteiger partial charge on any atom is 0.251 e. The van der Waals surface area contributed by atoms with Gasteiger partial charge in [-0.3, -0.25) is 14.3 Å². The molecular weight excluding hydrogens is 402 g/mol. The molecule has 0 aliphatic rings. The summed E-state index contributed by atoms with van der Waals surface area (Å²) in [4.78, 5) is 25.5. The van der Waals surface area contributed by atoms with Crippen LogP contribution in [0.2, 0.25) is 0 Å². The van der Waals surface area contributed by atoms with Gasteiger partial charge in [0, 0.05) is 11.3 Å². The number of carbonyl (C=O) groups is 2. The number of benzene rings is 2. The Morgan fingerprint density at radius 2 is 1.60 bits per heavy atom. The van der Waals surface area contributed by atoms with Crippen LogP contribution in [-0.4, -0.2) is 32.5 Å². The highest BCUT2D eigenvalue weighted by molar-refractivity contribution is 7.92. The topological polar surface area (TPSA) is 104 Å². The summed E-state index contributed by atoms with van der Waals surface area (Å²) in [7, 11) is -3.40. The molecule has 0 aromatic heterocycles. The second-order valence-electron chi connectivity index (χ2n) is 7.79. The zero-order valence-corrected chi connectivity index (χ0v) is 18.7. The van der Waals surface area contributed by atoms with E-state index in [-0.39, 0.29) is 23.8 Å². The molecule has 30 heavy (non-hydrogen) atoms. The number of carbonyl (C=O) groups excluding carboxylic acids is 2. The highest BCUT2D eigenvalue weighted by Gasteiger charge is 2.26. The third-order valence-electron chi connectivity index (χ3n) is 4.56.